The number of nitrogens with zero attached hydrogens (tertiary/aromatic N) is 1. The topological polar surface area (TPSA) is 40.5 Å². The second kappa shape index (κ2) is 4.77. The fraction of sp³-hybridized carbons (Fsp3) is 0.545. The van der Waals surface area contributed by atoms with Crippen LogP contribution in [0.1, 0.15) is 12.0 Å². The van der Waals surface area contributed by atoms with Crippen molar-refractivity contribution in [3.8, 4) is 0 Å². The van der Waals surface area contributed by atoms with E-state index >= 15 is 0 Å². The van der Waals surface area contributed by atoms with E-state index in [0.717, 1.165) is 32.5 Å². The van der Waals surface area contributed by atoms with Crippen molar-refractivity contribution in [1.82, 2.24) is 4.90 Å². The monoisotopic (exact) mass is 225 g/mol. The lowest BCUT2D eigenvalue weighted by Crippen LogP contribution is -2.25. The molecule has 1 aromatic heterocycles. The molecule has 0 radical (unpaired) electrons. The minimum Gasteiger partial charge on any atom is -0.481 e. The molecule has 2 rings (SSSR count). The first-order valence-electron chi connectivity index (χ1n) is 5.22. The van der Waals surface area contributed by atoms with Crippen LogP contribution in [-0.2, 0) is 11.2 Å². The van der Waals surface area contributed by atoms with E-state index < -0.39 is 5.97 Å². The van der Waals surface area contributed by atoms with Crippen molar-refractivity contribution in [2.75, 3.05) is 19.6 Å². The van der Waals surface area contributed by atoms with Gasteiger partial charge < -0.3 is 10.0 Å². The molecule has 15 heavy (non-hydrogen) atoms. The number of likely N-dealkylation sites (tertiary alicyclic amines) is 1. The summed E-state index contributed by atoms with van der Waals surface area (Å²) in [7, 11) is 0. The maximum absolute atomic E-state index is 10.8. The van der Waals surface area contributed by atoms with Gasteiger partial charge in [-0.2, -0.15) is 11.3 Å². The van der Waals surface area contributed by atoms with Gasteiger partial charge in [0.25, 0.3) is 0 Å². The first kappa shape index (κ1) is 10.6. The van der Waals surface area contributed by atoms with Crippen molar-refractivity contribution < 1.29 is 9.90 Å². The lowest BCUT2D eigenvalue weighted by atomic mass is 10.1. The lowest BCUT2D eigenvalue weighted by molar-refractivity contribution is -0.141. The van der Waals surface area contributed by atoms with Gasteiger partial charge in [0.1, 0.15) is 0 Å². The van der Waals surface area contributed by atoms with E-state index in [-0.39, 0.29) is 5.92 Å². The van der Waals surface area contributed by atoms with E-state index in [0.29, 0.717) is 0 Å². The molecular formula is C11H15NO2S. The van der Waals surface area contributed by atoms with Gasteiger partial charge in [0.2, 0.25) is 0 Å². The zero-order valence-electron chi connectivity index (χ0n) is 8.56. The normalized spacial score (nSPS) is 22.0. The highest BCUT2D eigenvalue weighted by atomic mass is 32.1. The maximum Gasteiger partial charge on any atom is 0.307 e. The van der Waals surface area contributed by atoms with Crippen molar-refractivity contribution in [3.63, 3.8) is 0 Å². The lowest BCUT2D eigenvalue weighted by Gasteiger charge is -2.14. The highest BCUT2D eigenvalue weighted by molar-refractivity contribution is 7.07. The van der Waals surface area contributed by atoms with Gasteiger partial charge in [-0.1, -0.05) is 0 Å². The highest BCUT2D eigenvalue weighted by Gasteiger charge is 2.27. The SMILES string of the molecule is O=C(O)C1CCN(CCc2ccsc2)C1. The fourth-order valence-corrected chi connectivity index (χ4v) is 2.66. The minimum absolute atomic E-state index is 0.146. The minimum atomic E-state index is -0.645. The van der Waals surface area contributed by atoms with Crippen LogP contribution in [-0.4, -0.2) is 35.6 Å². The van der Waals surface area contributed by atoms with Crippen LogP contribution in [0.4, 0.5) is 0 Å². The third-order valence-corrected chi connectivity index (χ3v) is 3.65. The Kier molecular flexibility index (Phi) is 3.38. The summed E-state index contributed by atoms with van der Waals surface area (Å²) >= 11 is 1.71. The number of aliphatic carboxylic acids is 1. The van der Waals surface area contributed by atoms with Gasteiger partial charge in [0.05, 0.1) is 5.92 Å². The molecule has 1 unspecified atom stereocenters. The molecule has 0 spiro atoms. The number of carbonyl (C=O) groups is 1. The smallest absolute Gasteiger partial charge is 0.307 e. The van der Waals surface area contributed by atoms with Gasteiger partial charge in [0, 0.05) is 13.1 Å². The Morgan fingerprint density at radius 1 is 1.67 bits per heavy atom. The number of carboxylic acid groups (broad SMARTS) is 1. The third kappa shape index (κ3) is 2.79. The van der Waals surface area contributed by atoms with Gasteiger partial charge in [-0.05, 0) is 41.8 Å². The van der Waals surface area contributed by atoms with Crippen LogP contribution in [0.25, 0.3) is 0 Å². The number of hydrogen-bond acceptors (Lipinski definition) is 3. The molecule has 1 aliphatic rings. The number of thiophene rings is 1. The molecule has 0 bridgehead atoms. The quantitative estimate of drug-likeness (QED) is 0.848. The summed E-state index contributed by atoms with van der Waals surface area (Å²) in [5.74, 6) is -0.791. The largest absolute Gasteiger partial charge is 0.481 e. The van der Waals surface area contributed by atoms with E-state index in [9.17, 15) is 4.79 Å². The molecule has 1 aromatic rings. The van der Waals surface area contributed by atoms with Crippen molar-refractivity contribution in [1.29, 1.82) is 0 Å². The van der Waals surface area contributed by atoms with Crippen LogP contribution < -0.4 is 0 Å². The summed E-state index contributed by atoms with van der Waals surface area (Å²) in [6.45, 7) is 2.64. The van der Waals surface area contributed by atoms with Gasteiger partial charge >= 0.3 is 5.97 Å². The zero-order chi connectivity index (χ0) is 10.7. The first-order chi connectivity index (χ1) is 7.25. The summed E-state index contributed by atoms with van der Waals surface area (Å²) in [6.07, 6.45) is 1.84. The van der Waals surface area contributed by atoms with Crippen LogP contribution in [0.3, 0.4) is 0 Å². The Balaban J connectivity index is 1.75. The van der Waals surface area contributed by atoms with E-state index in [1.807, 2.05) is 0 Å². The summed E-state index contributed by atoms with van der Waals surface area (Å²) in [6, 6.07) is 2.13. The molecular weight excluding hydrogens is 210 g/mol. The molecule has 82 valence electrons. The Bertz CT molecular complexity index is 323. The van der Waals surface area contributed by atoms with E-state index in [1.54, 1.807) is 11.3 Å². The molecule has 0 aromatic carbocycles. The first-order valence-corrected chi connectivity index (χ1v) is 6.16. The molecule has 0 saturated carbocycles. The predicted molar refractivity (Wildman–Crippen MR) is 60.2 cm³/mol. The Morgan fingerprint density at radius 3 is 3.13 bits per heavy atom. The van der Waals surface area contributed by atoms with Crippen LogP contribution in [0.2, 0.25) is 0 Å². The standard InChI is InChI=1S/C11H15NO2S/c13-11(14)10-2-5-12(7-10)4-1-9-3-6-15-8-9/h3,6,8,10H,1-2,4-5,7H2,(H,13,14). The van der Waals surface area contributed by atoms with Crippen LogP contribution in [0.5, 0.6) is 0 Å². The van der Waals surface area contributed by atoms with Gasteiger partial charge in [0.15, 0.2) is 0 Å². The number of hydrogen-bond donors (Lipinski definition) is 1. The van der Waals surface area contributed by atoms with Crippen LogP contribution in [0.15, 0.2) is 16.8 Å². The molecule has 3 nitrogen and oxygen atoms in total. The molecule has 1 atom stereocenters. The summed E-state index contributed by atoms with van der Waals surface area (Å²) in [5.41, 5.74) is 1.36. The molecule has 0 aliphatic carbocycles. The van der Waals surface area contributed by atoms with Crippen LogP contribution >= 0.6 is 11.3 Å². The van der Waals surface area contributed by atoms with Gasteiger partial charge in [-0.3, -0.25) is 4.79 Å². The second-order valence-corrected chi connectivity index (χ2v) is 4.79. The van der Waals surface area contributed by atoms with Gasteiger partial charge in [-0.25, -0.2) is 0 Å². The van der Waals surface area contributed by atoms with E-state index in [1.165, 1.54) is 5.56 Å². The average Bonchev–Trinajstić information content (AvgIpc) is 2.86. The van der Waals surface area contributed by atoms with Crippen molar-refractivity contribution >= 4 is 17.3 Å². The Labute approximate surface area is 93.3 Å². The maximum atomic E-state index is 10.8. The molecule has 1 saturated heterocycles. The summed E-state index contributed by atoms with van der Waals surface area (Å²) in [4.78, 5) is 13.0. The average molecular weight is 225 g/mol. The van der Waals surface area contributed by atoms with Crippen molar-refractivity contribution in [2.45, 2.75) is 12.8 Å². The number of carboxylic acids is 1. The molecule has 2 heterocycles. The highest BCUT2D eigenvalue weighted by Crippen LogP contribution is 2.17. The van der Waals surface area contributed by atoms with E-state index in [4.69, 9.17) is 5.11 Å². The predicted octanol–water partition coefficient (Wildman–Crippen LogP) is 1.70. The summed E-state index contributed by atoms with van der Waals surface area (Å²) < 4.78 is 0. The second-order valence-electron chi connectivity index (χ2n) is 4.01. The van der Waals surface area contributed by atoms with Gasteiger partial charge in [-0.15, -0.1) is 0 Å². The van der Waals surface area contributed by atoms with Crippen molar-refractivity contribution in [2.24, 2.45) is 5.92 Å². The molecule has 0 amide bonds. The molecule has 1 aliphatic heterocycles. The zero-order valence-corrected chi connectivity index (χ0v) is 9.37. The third-order valence-electron chi connectivity index (χ3n) is 2.92. The fourth-order valence-electron chi connectivity index (χ4n) is 1.96. The molecule has 4 heteroatoms. The Morgan fingerprint density at radius 2 is 2.53 bits per heavy atom. The molecule has 1 fully saturated rings. The van der Waals surface area contributed by atoms with Crippen LogP contribution in [0, 0.1) is 5.92 Å². The van der Waals surface area contributed by atoms with E-state index in [2.05, 4.69) is 21.7 Å². The number of rotatable bonds is 4. The van der Waals surface area contributed by atoms with Crippen molar-refractivity contribution in [3.05, 3.63) is 22.4 Å². The Hall–Kier alpha value is -0.870. The molecule has 1 N–H and O–H groups in total. The summed E-state index contributed by atoms with van der Waals surface area (Å²) in [5, 5.41) is 13.1.